The Kier molecular flexibility index (Phi) is 4.09. The first kappa shape index (κ1) is 14.1. The largest absolute Gasteiger partial charge is 0.459 e. The first-order chi connectivity index (χ1) is 9.50. The van der Waals surface area contributed by atoms with E-state index in [2.05, 4.69) is 10.0 Å². The van der Waals surface area contributed by atoms with Gasteiger partial charge >= 0.3 is 0 Å². The first-order valence-corrected chi connectivity index (χ1v) is 7.61. The number of anilines is 2. The van der Waals surface area contributed by atoms with Crippen molar-refractivity contribution >= 4 is 27.3 Å². The van der Waals surface area contributed by atoms with Crippen LogP contribution < -0.4 is 10.0 Å². The molecule has 1 heterocycles. The standard InChI is InChI=1S/C13H14N2O4S/c1-2-20(17,18)15-11-7-5-10(6-8-11)14-13(16)12-4-3-9-19-12/h3-9,15H,2H2,1H3,(H,14,16). The second-order valence-corrected chi connectivity index (χ2v) is 6.03. The molecule has 0 radical (unpaired) electrons. The molecule has 0 fully saturated rings. The van der Waals surface area contributed by atoms with E-state index in [1.165, 1.54) is 6.26 Å². The van der Waals surface area contributed by atoms with E-state index in [1.54, 1.807) is 43.3 Å². The fraction of sp³-hybridized carbons (Fsp3) is 0.154. The summed E-state index contributed by atoms with van der Waals surface area (Å²) in [6, 6.07) is 9.54. The molecular formula is C13H14N2O4S. The molecule has 0 aliphatic rings. The molecule has 0 atom stereocenters. The fourth-order valence-corrected chi connectivity index (χ4v) is 2.11. The van der Waals surface area contributed by atoms with Crippen LogP contribution in [0.2, 0.25) is 0 Å². The lowest BCUT2D eigenvalue weighted by atomic mass is 10.3. The molecule has 6 nitrogen and oxygen atoms in total. The van der Waals surface area contributed by atoms with Gasteiger partial charge in [0.15, 0.2) is 5.76 Å². The summed E-state index contributed by atoms with van der Waals surface area (Å²) >= 11 is 0. The number of carbonyl (C=O) groups is 1. The molecule has 1 amide bonds. The van der Waals surface area contributed by atoms with Crippen LogP contribution in [0.3, 0.4) is 0 Å². The summed E-state index contributed by atoms with van der Waals surface area (Å²) in [7, 11) is -3.30. The number of hydrogen-bond donors (Lipinski definition) is 2. The SMILES string of the molecule is CCS(=O)(=O)Nc1ccc(NC(=O)c2ccco2)cc1. The van der Waals surface area contributed by atoms with Crippen LogP contribution in [0, 0.1) is 0 Å². The Morgan fingerprint density at radius 1 is 1.15 bits per heavy atom. The Hall–Kier alpha value is -2.28. The van der Waals surface area contributed by atoms with Crippen LogP contribution in [0.4, 0.5) is 11.4 Å². The van der Waals surface area contributed by atoms with Gasteiger partial charge in [-0.3, -0.25) is 9.52 Å². The summed E-state index contributed by atoms with van der Waals surface area (Å²) < 4.78 is 30.2. The molecule has 0 unspecified atom stereocenters. The summed E-state index contributed by atoms with van der Waals surface area (Å²) in [6.07, 6.45) is 1.41. The van der Waals surface area contributed by atoms with E-state index in [4.69, 9.17) is 4.42 Å². The van der Waals surface area contributed by atoms with Crippen molar-refractivity contribution in [3.63, 3.8) is 0 Å². The van der Waals surface area contributed by atoms with E-state index in [-0.39, 0.29) is 17.4 Å². The average Bonchev–Trinajstić information content (AvgIpc) is 2.95. The van der Waals surface area contributed by atoms with E-state index in [0.717, 1.165) is 0 Å². The van der Waals surface area contributed by atoms with Gasteiger partial charge in [0.2, 0.25) is 10.0 Å². The van der Waals surface area contributed by atoms with Crippen molar-refractivity contribution in [1.29, 1.82) is 0 Å². The van der Waals surface area contributed by atoms with Crippen molar-refractivity contribution in [3.05, 3.63) is 48.4 Å². The van der Waals surface area contributed by atoms with E-state index >= 15 is 0 Å². The van der Waals surface area contributed by atoms with Crippen LogP contribution in [0.1, 0.15) is 17.5 Å². The van der Waals surface area contributed by atoms with Crippen LogP contribution in [-0.2, 0) is 10.0 Å². The van der Waals surface area contributed by atoms with Gasteiger partial charge in [0, 0.05) is 11.4 Å². The smallest absolute Gasteiger partial charge is 0.291 e. The molecule has 106 valence electrons. The van der Waals surface area contributed by atoms with Gasteiger partial charge in [0.1, 0.15) is 0 Å². The van der Waals surface area contributed by atoms with Gasteiger partial charge in [-0.1, -0.05) is 0 Å². The van der Waals surface area contributed by atoms with Crippen molar-refractivity contribution in [3.8, 4) is 0 Å². The quantitative estimate of drug-likeness (QED) is 0.885. The third kappa shape index (κ3) is 3.61. The maximum absolute atomic E-state index is 11.7. The molecule has 2 aromatic rings. The van der Waals surface area contributed by atoms with Crippen molar-refractivity contribution in [2.45, 2.75) is 6.92 Å². The summed E-state index contributed by atoms with van der Waals surface area (Å²) in [6.45, 7) is 1.56. The minimum atomic E-state index is -3.30. The zero-order valence-electron chi connectivity index (χ0n) is 10.8. The zero-order valence-corrected chi connectivity index (χ0v) is 11.6. The fourth-order valence-electron chi connectivity index (χ4n) is 1.47. The van der Waals surface area contributed by atoms with Crippen LogP contribution in [0.5, 0.6) is 0 Å². The molecule has 0 spiro atoms. The van der Waals surface area contributed by atoms with Crippen LogP contribution in [-0.4, -0.2) is 20.1 Å². The maximum atomic E-state index is 11.7. The predicted octanol–water partition coefficient (Wildman–Crippen LogP) is 2.29. The summed E-state index contributed by atoms with van der Waals surface area (Å²) in [4.78, 5) is 11.7. The lowest BCUT2D eigenvalue weighted by Gasteiger charge is -2.07. The molecule has 0 bridgehead atoms. The number of sulfonamides is 1. The molecule has 0 saturated heterocycles. The lowest BCUT2D eigenvalue weighted by molar-refractivity contribution is 0.0996. The minimum Gasteiger partial charge on any atom is -0.459 e. The zero-order chi connectivity index (χ0) is 14.6. The molecule has 2 N–H and O–H groups in total. The van der Waals surface area contributed by atoms with Crippen LogP contribution in [0.25, 0.3) is 0 Å². The van der Waals surface area contributed by atoms with Crippen molar-refractivity contribution in [1.82, 2.24) is 0 Å². The second kappa shape index (κ2) is 5.79. The topological polar surface area (TPSA) is 88.4 Å². The average molecular weight is 294 g/mol. The van der Waals surface area contributed by atoms with Crippen molar-refractivity contribution in [2.24, 2.45) is 0 Å². The van der Waals surface area contributed by atoms with Crippen LogP contribution >= 0.6 is 0 Å². The molecule has 0 aliphatic heterocycles. The summed E-state index contributed by atoms with van der Waals surface area (Å²) in [5.41, 5.74) is 0.994. The number of nitrogens with one attached hydrogen (secondary N) is 2. The van der Waals surface area contributed by atoms with Crippen molar-refractivity contribution in [2.75, 3.05) is 15.8 Å². The normalized spacial score (nSPS) is 11.1. The Balaban J connectivity index is 2.04. The molecule has 0 aliphatic carbocycles. The van der Waals surface area contributed by atoms with Gasteiger partial charge in [-0.25, -0.2) is 8.42 Å². The van der Waals surface area contributed by atoms with Gasteiger partial charge < -0.3 is 9.73 Å². The highest BCUT2D eigenvalue weighted by Gasteiger charge is 2.09. The molecule has 20 heavy (non-hydrogen) atoms. The van der Waals surface area contributed by atoms with Gasteiger partial charge in [0.05, 0.1) is 12.0 Å². The number of furan rings is 1. The Labute approximate surface area is 116 Å². The van der Waals surface area contributed by atoms with Gasteiger partial charge in [0.25, 0.3) is 5.91 Å². The highest BCUT2D eigenvalue weighted by atomic mass is 32.2. The molecule has 1 aromatic carbocycles. The molecule has 0 saturated carbocycles. The number of benzene rings is 1. The van der Waals surface area contributed by atoms with E-state index < -0.39 is 10.0 Å². The van der Waals surface area contributed by atoms with Crippen LogP contribution in [0.15, 0.2) is 47.1 Å². The van der Waals surface area contributed by atoms with E-state index in [9.17, 15) is 13.2 Å². The Morgan fingerprint density at radius 2 is 1.80 bits per heavy atom. The number of rotatable bonds is 5. The van der Waals surface area contributed by atoms with Gasteiger partial charge in [-0.15, -0.1) is 0 Å². The summed E-state index contributed by atoms with van der Waals surface area (Å²) in [5, 5.41) is 2.64. The third-order valence-electron chi connectivity index (χ3n) is 2.54. The highest BCUT2D eigenvalue weighted by molar-refractivity contribution is 7.92. The Morgan fingerprint density at radius 3 is 2.35 bits per heavy atom. The molecule has 1 aromatic heterocycles. The van der Waals surface area contributed by atoms with Crippen molar-refractivity contribution < 1.29 is 17.6 Å². The minimum absolute atomic E-state index is 0.00395. The molecule has 7 heteroatoms. The Bertz CT molecular complexity index is 676. The lowest BCUT2D eigenvalue weighted by Crippen LogP contribution is -2.14. The number of carbonyl (C=O) groups excluding carboxylic acids is 1. The highest BCUT2D eigenvalue weighted by Crippen LogP contribution is 2.16. The molecule has 2 rings (SSSR count). The van der Waals surface area contributed by atoms with E-state index in [1.807, 2.05) is 0 Å². The summed E-state index contributed by atoms with van der Waals surface area (Å²) in [5.74, 6) is -0.151. The third-order valence-corrected chi connectivity index (χ3v) is 3.85. The predicted molar refractivity (Wildman–Crippen MR) is 76.2 cm³/mol. The van der Waals surface area contributed by atoms with Gasteiger partial charge in [-0.2, -0.15) is 0 Å². The second-order valence-electron chi connectivity index (χ2n) is 4.01. The first-order valence-electron chi connectivity index (χ1n) is 5.95. The molecular weight excluding hydrogens is 280 g/mol. The number of amides is 1. The van der Waals surface area contributed by atoms with E-state index in [0.29, 0.717) is 11.4 Å². The maximum Gasteiger partial charge on any atom is 0.291 e. The monoisotopic (exact) mass is 294 g/mol. The number of hydrogen-bond acceptors (Lipinski definition) is 4. The van der Waals surface area contributed by atoms with Gasteiger partial charge in [-0.05, 0) is 43.3 Å².